The maximum atomic E-state index is 12.3. The Hall–Kier alpha value is -0.800. The van der Waals surface area contributed by atoms with Gasteiger partial charge >= 0.3 is 0 Å². The molecule has 1 atom stereocenters. The third kappa shape index (κ3) is 3.40. The first-order chi connectivity index (χ1) is 9.06. The first-order valence-electron chi connectivity index (χ1n) is 5.76. The van der Waals surface area contributed by atoms with Crippen molar-refractivity contribution in [1.29, 1.82) is 0 Å². The van der Waals surface area contributed by atoms with E-state index in [1.165, 1.54) is 22.7 Å². The van der Waals surface area contributed by atoms with Gasteiger partial charge in [0, 0.05) is 28.4 Å². The molecule has 19 heavy (non-hydrogen) atoms. The van der Waals surface area contributed by atoms with Gasteiger partial charge in [-0.05, 0) is 12.5 Å². The normalized spacial score (nSPS) is 13.6. The van der Waals surface area contributed by atoms with Gasteiger partial charge < -0.3 is 5.73 Å². The second kappa shape index (κ2) is 6.10. The number of thiophene rings is 1. The zero-order chi connectivity index (χ0) is 13.9. The number of thiazole rings is 1. The number of nitrogens with one attached hydrogen (secondary N) is 1. The summed E-state index contributed by atoms with van der Waals surface area (Å²) in [4.78, 5) is 5.28. The van der Waals surface area contributed by atoms with E-state index in [9.17, 15) is 8.42 Å². The van der Waals surface area contributed by atoms with Gasteiger partial charge in [0.2, 0.25) is 10.0 Å². The van der Waals surface area contributed by atoms with Crippen molar-refractivity contribution in [3.63, 3.8) is 0 Å². The Balaban J connectivity index is 2.20. The molecule has 0 aliphatic rings. The molecular weight excluding hydrogens is 302 g/mol. The fourth-order valence-corrected chi connectivity index (χ4v) is 4.86. The van der Waals surface area contributed by atoms with Crippen LogP contribution in [-0.4, -0.2) is 13.4 Å². The average molecular weight is 317 g/mol. The van der Waals surface area contributed by atoms with Crippen LogP contribution in [-0.2, 0) is 16.6 Å². The molecule has 0 fully saturated rings. The number of aromatic nitrogens is 1. The highest BCUT2D eigenvalue weighted by atomic mass is 32.2. The number of hydrogen-bond donors (Lipinski definition) is 2. The van der Waals surface area contributed by atoms with Crippen molar-refractivity contribution in [2.75, 3.05) is 0 Å². The largest absolute Gasteiger partial charge is 0.326 e. The summed E-state index contributed by atoms with van der Waals surface area (Å²) in [6.45, 7) is 2.28. The van der Waals surface area contributed by atoms with Gasteiger partial charge in [0.1, 0.15) is 5.01 Å². The van der Waals surface area contributed by atoms with Gasteiger partial charge in [-0.25, -0.2) is 18.1 Å². The topological polar surface area (TPSA) is 85.1 Å². The van der Waals surface area contributed by atoms with Crippen LogP contribution < -0.4 is 10.5 Å². The highest BCUT2D eigenvalue weighted by Crippen LogP contribution is 2.24. The number of nitrogens with two attached hydrogens (primary N) is 1. The molecule has 0 aliphatic carbocycles. The Kier molecular flexibility index (Phi) is 4.69. The summed E-state index contributed by atoms with van der Waals surface area (Å²) in [5.41, 5.74) is 5.50. The highest BCUT2D eigenvalue weighted by molar-refractivity contribution is 7.89. The second-order valence-corrected chi connectivity index (χ2v) is 7.54. The molecule has 0 bridgehead atoms. The van der Waals surface area contributed by atoms with Crippen molar-refractivity contribution < 1.29 is 8.42 Å². The molecule has 2 rings (SSSR count). The summed E-state index contributed by atoms with van der Waals surface area (Å²) >= 11 is 2.80. The maximum absolute atomic E-state index is 12.3. The molecule has 0 radical (unpaired) electrons. The van der Waals surface area contributed by atoms with Crippen LogP contribution in [0.15, 0.2) is 27.9 Å². The predicted octanol–water partition coefficient (Wildman–Crippen LogP) is 2.09. The van der Waals surface area contributed by atoms with Gasteiger partial charge in [-0.15, -0.1) is 22.7 Å². The summed E-state index contributed by atoms with van der Waals surface area (Å²) in [7, 11) is -3.52. The molecule has 0 amide bonds. The zero-order valence-corrected chi connectivity index (χ0v) is 12.8. The summed E-state index contributed by atoms with van der Waals surface area (Å²) in [6.07, 6.45) is 2.33. The fraction of sp³-hybridized carbons (Fsp3) is 0.364. The first-order valence-corrected chi connectivity index (χ1v) is 9.00. The van der Waals surface area contributed by atoms with Gasteiger partial charge in [0.25, 0.3) is 0 Å². The van der Waals surface area contributed by atoms with E-state index in [0.717, 1.165) is 9.88 Å². The lowest BCUT2D eigenvalue weighted by molar-refractivity contribution is 0.549. The first kappa shape index (κ1) is 14.6. The molecule has 2 aromatic heterocycles. The maximum Gasteiger partial charge on any atom is 0.242 e. The minimum absolute atomic E-state index is 0.271. The van der Waals surface area contributed by atoms with E-state index in [2.05, 4.69) is 9.71 Å². The van der Waals surface area contributed by atoms with Crippen LogP contribution in [0, 0.1) is 0 Å². The lowest BCUT2D eigenvalue weighted by atomic mass is 10.3. The van der Waals surface area contributed by atoms with E-state index in [4.69, 9.17) is 5.73 Å². The Morgan fingerprint density at radius 3 is 2.79 bits per heavy atom. The quantitative estimate of drug-likeness (QED) is 0.854. The van der Waals surface area contributed by atoms with Crippen LogP contribution in [0.25, 0.3) is 0 Å². The Morgan fingerprint density at radius 2 is 2.26 bits per heavy atom. The lowest BCUT2D eigenvalue weighted by Gasteiger charge is -2.13. The molecule has 0 spiro atoms. The minimum atomic E-state index is -3.52. The van der Waals surface area contributed by atoms with Gasteiger partial charge in [-0.1, -0.05) is 6.92 Å². The summed E-state index contributed by atoms with van der Waals surface area (Å²) in [5.74, 6) is 0. The molecule has 0 saturated carbocycles. The van der Waals surface area contributed by atoms with Crippen LogP contribution in [0.1, 0.15) is 29.3 Å². The van der Waals surface area contributed by atoms with E-state index in [1.54, 1.807) is 17.6 Å². The van der Waals surface area contributed by atoms with Crippen LogP contribution in [0.4, 0.5) is 0 Å². The molecule has 2 heterocycles. The summed E-state index contributed by atoms with van der Waals surface area (Å²) in [5, 5.41) is 4.23. The van der Waals surface area contributed by atoms with E-state index < -0.39 is 10.0 Å². The molecule has 0 aliphatic heterocycles. The van der Waals surface area contributed by atoms with E-state index in [1.807, 2.05) is 12.3 Å². The number of sulfonamides is 1. The molecule has 5 nitrogen and oxygen atoms in total. The van der Waals surface area contributed by atoms with Crippen molar-refractivity contribution in [3.05, 3.63) is 32.9 Å². The molecule has 3 N–H and O–H groups in total. The molecule has 104 valence electrons. The minimum Gasteiger partial charge on any atom is -0.326 e. The highest BCUT2D eigenvalue weighted by Gasteiger charge is 2.22. The SMILES string of the molecule is CCC(NS(=O)(=O)c1csc(CN)c1)c1nccs1. The van der Waals surface area contributed by atoms with Gasteiger partial charge in [-0.3, -0.25) is 0 Å². The van der Waals surface area contributed by atoms with Crippen LogP contribution in [0.5, 0.6) is 0 Å². The molecule has 0 aromatic carbocycles. The Labute approximate surface area is 120 Å². The van der Waals surface area contributed by atoms with Crippen molar-refractivity contribution >= 4 is 32.7 Å². The fourth-order valence-electron chi connectivity index (χ4n) is 1.58. The smallest absolute Gasteiger partial charge is 0.242 e. The van der Waals surface area contributed by atoms with Crippen molar-refractivity contribution in [2.45, 2.75) is 30.8 Å². The summed E-state index contributed by atoms with van der Waals surface area (Å²) in [6, 6.07) is 1.33. The lowest BCUT2D eigenvalue weighted by Crippen LogP contribution is -2.28. The van der Waals surface area contributed by atoms with Gasteiger partial charge in [-0.2, -0.15) is 0 Å². The van der Waals surface area contributed by atoms with E-state index in [-0.39, 0.29) is 10.9 Å². The predicted molar refractivity (Wildman–Crippen MR) is 77.7 cm³/mol. The van der Waals surface area contributed by atoms with Gasteiger partial charge in [0.15, 0.2) is 0 Å². The van der Waals surface area contributed by atoms with Crippen LogP contribution >= 0.6 is 22.7 Å². The van der Waals surface area contributed by atoms with E-state index >= 15 is 0 Å². The molecule has 1 unspecified atom stereocenters. The third-order valence-corrected chi connectivity index (χ3v) is 6.04. The average Bonchev–Trinajstić information content (AvgIpc) is 3.06. The van der Waals surface area contributed by atoms with Crippen LogP contribution in [0.3, 0.4) is 0 Å². The molecular formula is C11H15N3O2S3. The van der Waals surface area contributed by atoms with E-state index in [0.29, 0.717) is 13.0 Å². The molecule has 0 saturated heterocycles. The monoisotopic (exact) mass is 317 g/mol. The van der Waals surface area contributed by atoms with Crippen molar-refractivity contribution in [2.24, 2.45) is 5.73 Å². The zero-order valence-electron chi connectivity index (χ0n) is 10.4. The van der Waals surface area contributed by atoms with Crippen molar-refractivity contribution in [3.8, 4) is 0 Å². The molecule has 8 heteroatoms. The van der Waals surface area contributed by atoms with Gasteiger partial charge in [0.05, 0.1) is 10.9 Å². The summed E-state index contributed by atoms with van der Waals surface area (Å²) < 4.78 is 27.2. The Bertz CT molecular complexity index is 619. The number of hydrogen-bond acceptors (Lipinski definition) is 6. The number of rotatable bonds is 6. The number of nitrogens with zero attached hydrogens (tertiary/aromatic N) is 1. The Morgan fingerprint density at radius 1 is 1.47 bits per heavy atom. The third-order valence-electron chi connectivity index (χ3n) is 2.60. The molecule has 2 aromatic rings. The second-order valence-electron chi connectivity index (χ2n) is 3.91. The standard InChI is InChI=1S/C11H15N3O2S3/c1-2-10(11-13-3-4-17-11)14-19(15,16)9-5-8(6-12)18-7-9/h3-5,7,10,14H,2,6,12H2,1H3. The van der Waals surface area contributed by atoms with Crippen LogP contribution in [0.2, 0.25) is 0 Å². The van der Waals surface area contributed by atoms with Crippen molar-refractivity contribution in [1.82, 2.24) is 9.71 Å².